The predicted octanol–water partition coefficient (Wildman–Crippen LogP) is 3.58. The van der Waals surface area contributed by atoms with Crippen molar-refractivity contribution in [3.8, 4) is 22.5 Å². The molecule has 2 fully saturated rings. The summed E-state index contributed by atoms with van der Waals surface area (Å²) in [7, 11) is 1.54. The molecular weight excluding hydrogens is 508 g/mol. The van der Waals surface area contributed by atoms with Gasteiger partial charge in [-0.1, -0.05) is 18.2 Å². The summed E-state index contributed by atoms with van der Waals surface area (Å²) >= 11 is 0. The summed E-state index contributed by atoms with van der Waals surface area (Å²) in [6.07, 6.45) is 4.54. The van der Waals surface area contributed by atoms with E-state index in [1.165, 1.54) is 6.33 Å². The standard InChI is InChI=1S/C27H29F2N7O3/c1-31-25(37)27(13-19(14-27)39-26(28)29)17-4-2-3-16(11-17)22-12-20(23-24(30)32-15-34-36(22)23)21-5-8-33-35(21)18-6-9-38-10-7-18/h2-5,8,11-12,15,18-19,26H,6-7,9-10,13-14H2,1H3,(H,31,37)(H2,30,32,34). The van der Waals surface area contributed by atoms with Gasteiger partial charge in [-0.15, -0.1) is 0 Å². The zero-order valence-electron chi connectivity index (χ0n) is 21.4. The molecule has 4 aromatic rings. The predicted molar refractivity (Wildman–Crippen MR) is 139 cm³/mol. The smallest absolute Gasteiger partial charge is 0.345 e. The summed E-state index contributed by atoms with van der Waals surface area (Å²) in [4.78, 5) is 17.2. The first-order valence-electron chi connectivity index (χ1n) is 12.9. The van der Waals surface area contributed by atoms with Gasteiger partial charge in [-0.2, -0.15) is 19.0 Å². The highest BCUT2D eigenvalue weighted by Gasteiger charge is 2.52. The molecule has 3 aromatic heterocycles. The Bertz CT molecular complexity index is 1510. The van der Waals surface area contributed by atoms with E-state index in [1.54, 1.807) is 17.8 Å². The van der Waals surface area contributed by atoms with Crippen molar-refractivity contribution in [2.45, 2.75) is 49.9 Å². The molecule has 12 heteroatoms. The van der Waals surface area contributed by atoms with E-state index in [4.69, 9.17) is 10.5 Å². The fourth-order valence-electron chi connectivity index (χ4n) is 5.94. The number of carbonyl (C=O) groups is 1. The van der Waals surface area contributed by atoms with Gasteiger partial charge >= 0.3 is 6.61 Å². The van der Waals surface area contributed by atoms with E-state index < -0.39 is 18.1 Å². The van der Waals surface area contributed by atoms with Gasteiger partial charge in [0.2, 0.25) is 5.91 Å². The molecule has 0 unspecified atom stereocenters. The van der Waals surface area contributed by atoms with Crippen LogP contribution >= 0.6 is 0 Å². The van der Waals surface area contributed by atoms with Crippen molar-refractivity contribution in [2.75, 3.05) is 26.0 Å². The van der Waals surface area contributed by atoms with Crippen LogP contribution in [0, 0.1) is 0 Å². The van der Waals surface area contributed by atoms with Gasteiger partial charge in [-0.3, -0.25) is 9.48 Å². The number of likely N-dealkylation sites (N-methyl/N-ethyl adjacent to an activating group) is 1. The Kier molecular flexibility index (Phi) is 6.51. The second kappa shape index (κ2) is 10.0. The number of nitrogens with one attached hydrogen (secondary N) is 1. The molecule has 4 heterocycles. The number of ether oxygens (including phenoxy) is 2. The average Bonchev–Trinajstić information content (AvgIpc) is 3.56. The molecule has 39 heavy (non-hydrogen) atoms. The number of hydrogen-bond donors (Lipinski definition) is 2. The molecule has 1 aliphatic heterocycles. The maximum absolute atomic E-state index is 13.0. The van der Waals surface area contributed by atoms with Crippen molar-refractivity contribution in [1.29, 1.82) is 0 Å². The summed E-state index contributed by atoms with van der Waals surface area (Å²) in [5.41, 5.74) is 10.1. The maximum Gasteiger partial charge on any atom is 0.345 e. The van der Waals surface area contributed by atoms with Gasteiger partial charge in [0.15, 0.2) is 5.82 Å². The molecule has 6 rings (SSSR count). The largest absolute Gasteiger partial charge is 0.382 e. The number of fused-ring (bicyclic) bond motifs is 1. The highest BCUT2D eigenvalue weighted by molar-refractivity contribution is 5.92. The van der Waals surface area contributed by atoms with Crippen LogP contribution in [0.5, 0.6) is 0 Å². The number of benzene rings is 1. The van der Waals surface area contributed by atoms with Crippen molar-refractivity contribution in [2.24, 2.45) is 0 Å². The molecular formula is C27H29F2N7O3. The van der Waals surface area contributed by atoms with E-state index in [1.807, 2.05) is 41.1 Å². The van der Waals surface area contributed by atoms with Gasteiger partial charge in [0.25, 0.3) is 0 Å². The number of aromatic nitrogens is 5. The number of nitrogens with zero attached hydrogens (tertiary/aromatic N) is 5. The third-order valence-electron chi connectivity index (χ3n) is 7.89. The molecule has 1 amide bonds. The van der Waals surface area contributed by atoms with Crippen molar-refractivity contribution < 1.29 is 23.0 Å². The number of anilines is 1. The van der Waals surface area contributed by atoms with Crippen LogP contribution in [-0.2, 0) is 19.7 Å². The summed E-state index contributed by atoms with van der Waals surface area (Å²) < 4.78 is 39.6. The molecule has 2 aliphatic rings. The molecule has 0 bridgehead atoms. The highest BCUT2D eigenvalue weighted by Crippen LogP contribution is 2.47. The number of alkyl halides is 2. The zero-order valence-corrected chi connectivity index (χ0v) is 21.4. The maximum atomic E-state index is 13.0. The quantitative estimate of drug-likeness (QED) is 0.370. The van der Waals surface area contributed by atoms with Gasteiger partial charge in [0.05, 0.1) is 28.9 Å². The van der Waals surface area contributed by atoms with E-state index in [0.717, 1.165) is 40.9 Å². The van der Waals surface area contributed by atoms with Gasteiger partial charge in [0, 0.05) is 37.6 Å². The second-order valence-corrected chi connectivity index (χ2v) is 10.0. The van der Waals surface area contributed by atoms with Crippen molar-refractivity contribution in [1.82, 2.24) is 29.7 Å². The number of halogens is 2. The minimum atomic E-state index is -2.88. The Morgan fingerprint density at radius 3 is 2.72 bits per heavy atom. The highest BCUT2D eigenvalue weighted by atomic mass is 19.3. The Balaban J connectivity index is 1.44. The molecule has 204 valence electrons. The Morgan fingerprint density at radius 2 is 1.97 bits per heavy atom. The molecule has 3 N–H and O–H groups in total. The third-order valence-corrected chi connectivity index (χ3v) is 7.89. The molecule has 0 radical (unpaired) electrons. The first-order valence-corrected chi connectivity index (χ1v) is 12.9. The van der Waals surface area contributed by atoms with Crippen LogP contribution in [0.4, 0.5) is 14.6 Å². The van der Waals surface area contributed by atoms with E-state index in [0.29, 0.717) is 24.5 Å². The number of hydrogen-bond acceptors (Lipinski definition) is 7. The monoisotopic (exact) mass is 537 g/mol. The lowest BCUT2D eigenvalue weighted by Crippen LogP contribution is -2.55. The van der Waals surface area contributed by atoms with Gasteiger partial charge in [0.1, 0.15) is 11.8 Å². The van der Waals surface area contributed by atoms with Crippen LogP contribution in [0.2, 0.25) is 0 Å². The first kappa shape index (κ1) is 25.4. The van der Waals surface area contributed by atoms with E-state index in [9.17, 15) is 13.6 Å². The van der Waals surface area contributed by atoms with Crippen LogP contribution in [0.3, 0.4) is 0 Å². The van der Waals surface area contributed by atoms with Gasteiger partial charge in [-0.05, 0) is 49.4 Å². The first-order chi connectivity index (χ1) is 18.9. The Labute approximate surface area is 223 Å². The third kappa shape index (κ3) is 4.33. The van der Waals surface area contributed by atoms with Crippen molar-refractivity contribution in [3.05, 3.63) is 54.5 Å². The molecule has 1 saturated carbocycles. The molecule has 1 aliphatic carbocycles. The minimum Gasteiger partial charge on any atom is -0.382 e. The fourth-order valence-corrected chi connectivity index (χ4v) is 5.94. The number of rotatable bonds is 7. The summed E-state index contributed by atoms with van der Waals surface area (Å²) in [6.45, 7) is -1.52. The average molecular weight is 538 g/mol. The summed E-state index contributed by atoms with van der Waals surface area (Å²) in [6, 6.07) is 11.7. The van der Waals surface area contributed by atoms with Crippen LogP contribution in [0.25, 0.3) is 28.0 Å². The Morgan fingerprint density at radius 1 is 1.18 bits per heavy atom. The zero-order chi connectivity index (χ0) is 27.1. The van der Waals surface area contributed by atoms with Crippen LogP contribution in [0.15, 0.2) is 48.9 Å². The normalized spacial score (nSPS) is 21.8. The van der Waals surface area contributed by atoms with Crippen molar-refractivity contribution in [3.63, 3.8) is 0 Å². The van der Waals surface area contributed by atoms with Gasteiger partial charge < -0.3 is 20.5 Å². The van der Waals surface area contributed by atoms with Crippen LogP contribution in [0.1, 0.15) is 37.3 Å². The lowest BCUT2D eigenvalue weighted by molar-refractivity contribution is -0.197. The molecule has 10 nitrogen and oxygen atoms in total. The summed E-state index contributed by atoms with van der Waals surface area (Å²) in [5, 5.41) is 11.8. The molecule has 1 saturated heterocycles. The number of nitrogens with two attached hydrogens (primary N) is 1. The molecule has 1 aromatic carbocycles. The van der Waals surface area contributed by atoms with E-state index >= 15 is 0 Å². The SMILES string of the molecule is CNC(=O)C1(c2cccc(-c3cc(-c4ccnn4C4CCOCC4)c4c(N)ncnn34)c2)CC(OC(F)F)C1. The van der Waals surface area contributed by atoms with Gasteiger partial charge in [-0.25, -0.2) is 9.50 Å². The topological polar surface area (TPSA) is 122 Å². The number of carbonyl (C=O) groups excluding carboxylic acids is 1. The minimum absolute atomic E-state index is 0.167. The Hall–Kier alpha value is -3.90. The molecule has 0 spiro atoms. The van der Waals surface area contributed by atoms with Crippen LogP contribution in [-0.4, -0.2) is 63.3 Å². The second-order valence-electron chi connectivity index (χ2n) is 10.0. The number of nitrogen functional groups attached to an aromatic ring is 1. The molecule has 0 atom stereocenters. The fraction of sp³-hybridized carbons (Fsp3) is 0.407. The lowest BCUT2D eigenvalue weighted by atomic mass is 9.61. The van der Waals surface area contributed by atoms with Crippen LogP contribution < -0.4 is 11.1 Å². The summed E-state index contributed by atoms with van der Waals surface area (Å²) in [5.74, 6) is 0.0938. The van der Waals surface area contributed by atoms with Crippen molar-refractivity contribution >= 4 is 17.2 Å². The van der Waals surface area contributed by atoms with E-state index in [2.05, 4.69) is 25.2 Å². The number of amides is 1. The lowest BCUT2D eigenvalue weighted by Gasteiger charge is -2.46. The van der Waals surface area contributed by atoms with E-state index in [-0.39, 0.29) is 24.8 Å².